The van der Waals surface area contributed by atoms with Crippen molar-refractivity contribution in [3.05, 3.63) is 89.2 Å². The molecule has 0 bridgehead atoms. The molecule has 4 aromatic rings. The van der Waals surface area contributed by atoms with Gasteiger partial charge in [0, 0.05) is 39.4 Å². The molecule has 4 nitrogen and oxygen atoms in total. The van der Waals surface area contributed by atoms with Crippen LogP contribution in [0.1, 0.15) is 25.0 Å². The molecule has 5 heteroatoms. The van der Waals surface area contributed by atoms with E-state index in [0.717, 1.165) is 38.8 Å². The van der Waals surface area contributed by atoms with Crippen molar-refractivity contribution in [2.24, 2.45) is 0 Å². The summed E-state index contributed by atoms with van der Waals surface area (Å²) in [6.07, 6.45) is 3.33. The Morgan fingerprint density at radius 2 is 1.91 bits per heavy atom. The van der Waals surface area contributed by atoms with E-state index in [-0.39, 0.29) is 5.91 Å². The van der Waals surface area contributed by atoms with Crippen LogP contribution in [0.15, 0.2) is 77.4 Å². The molecule has 3 aromatic carbocycles. The topological polar surface area (TPSA) is 51.5 Å². The lowest BCUT2D eigenvalue weighted by atomic mass is 9.99. The largest absolute Gasteiger partial charge is 0.493 e. The first-order valence-corrected chi connectivity index (χ1v) is 10.8. The molecule has 0 aliphatic heterocycles. The molecule has 0 radical (unpaired) electrons. The number of amides is 1. The zero-order chi connectivity index (χ0) is 22.7. The molecule has 0 saturated carbocycles. The molecule has 0 aliphatic carbocycles. The second kappa shape index (κ2) is 9.33. The molecule has 0 fully saturated rings. The van der Waals surface area contributed by atoms with Crippen LogP contribution in [-0.4, -0.2) is 12.5 Å². The quantitative estimate of drug-likeness (QED) is 0.312. The fourth-order valence-corrected chi connectivity index (χ4v) is 3.82. The molecule has 32 heavy (non-hydrogen) atoms. The van der Waals surface area contributed by atoms with Gasteiger partial charge in [-0.3, -0.25) is 4.79 Å². The third-order valence-corrected chi connectivity index (χ3v) is 5.53. The van der Waals surface area contributed by atoms with E-state index in [2.05, 4.69) is 5.32 Å². The minimum atomic E-state index is -0.231. The normalized spacial score (nSPS) is 11.6. The van der Waals surface area contributed by atoms with Gasteiger partial charge in [0.15, 0.2) is 0 Å². The minimum Gasteiger partial charge on any atom is -0.493 e. The molecule has 1 aromatic heterocycles. The number of allylic oxidation sites excluding steroid dienone is 1. The Bertz CT molecular complexity index is 1310. The van der Waals surface area contributed by atoms with Crippen LogP contribution in [0.5, 0.6) is 5.75 Å². The summed E-state index contributed by atoms with van der Waals surface area (Å²) in [4.78, 5) is 12.7. The molecule has 0 aliphatic rings. The number of rotatable bonds is 6. The van der Waals surface area contributed by atoms with Crippen molar-refractivity contribution in [2.45, 2.75) is 20.8 Å². The van der Waals surface area contributed by atoms with Crippen LogP contribution in [0.3, 0.4) is 0 Å². The van der Waals surface area contributed by atoms with E-state index in [1.54, 1.807) is 24.5 Å². The molecule has 0 atom stereocenters. The summed E-state index contributed by atoms with van der Waals surface area (Å²) in [7, 11) is 0. The van der Waals surface area contributed by atoms with Crippen molar-refractivity contribution in [1.82, 2.24) is 0 Å². The van der Waals surface area contributed by atoms with E-state index in [0.29, 0.717) is 23.1 Å². The van der Waals surface area contributed by atoms with Gasteiger partial charge in [-0.15, -0.1) is 0 Å². The first-order valence-electron chi connectivity index (χ1n) is 10.5. The second-order valence-corrected chi connectivity index (χ2v) is 8.01. The summed E-state index contributed by atoms with van der Waals surface area (Å²) < 4.78 is 11.7. The number of carbonyl (C=O) groups is 1. The van der Waals surface area contributed by atoms with Crippen molar-refractivity contribution in [1.29, 1.82) is 0 Å². The Morgan fingerprint density at radius 3 is 2.66 bits per heavy atom. The highest BCUT2D eigenvalue weighted by molar-refractivity contribution is 6.31. The minimum absolute atomic E-state index is 0.231. The zero-order valence-electron chi connectivity index (χ0n) is 18.2. The van der Waals surface area contributed by atoms with Crippen LogP contribution in [-0.2, 0) is 4.79 Å². The molecule has 4 rings (SSSR count). The van der Waals surface area contributed by atoms with Gasteiger partial charge >= 0.3 is 0 Å². The van der Waals surface area contributed by atoms with Gasteiger partial charge in [-0.1, -0.05) is 48.0 Å². The maximum absolute atomic E-state index is 12.7. The van der Waals surface area contributed by atoms with Crippen LogP contribution in [0.2, 0.25) is 5.02 Å². The number of furan rings is 1. The predicted octanol–water partition coefficient (Wildman–Crippen LogP) is 7.50. The Balaban J connectivity index is 1.73. The van der Waals surface area contributed by atoms with Gasteiger partial charge in [-0.2, -0.15) is 0 Å². The predicted molar refractivity (Wildman–Crippen MR) is 131 cm³/mol. The van der Waals surface area contributed by atoms with E-state index in [1.807, 2.05) is 69.3 Å². The first kappa shape index (κ1) is 21.7. The van der Waals surface area contributed by atoms with Crippen molar-refractivity contribution in [2.75, 3.05) is 11.9 Å². The standard InChI is InChI=1S/C27H24ClNO3/c1-4-31-25-15-26-22(23(16-32-26)19-8-6-5-7-9-19)14-21(25)18(3)12-27(30)29-24-13-20(28)11-10-17(24)2/h5-16H,4H2,1-3H3,(H,29,30)/b18-12+. The molecule has 1 heterocycles. The summed E-state index contributed by atoms with van der Waals surface area (Å²) in [5, 5.41) is 4.45. The van der Waals surface area contributed by atoms with Crippen molar-refractivity contribution in [3.8, 4) is 16.9 Å². The van der Waals surface area contributed by atoms with Crippen LogP contribution in [0.4, 0.5) is 5.69 Å². The molecule has 162 valence electrons. The van der Waals surface area contributed by atoms with Crippen molar-refractivity contribution < 1.29 is 13.9 Å². The van der Waals surface area contributed by atoms with Gasteiger partial charge in [0.1, 0.15) is 11.3 Å². The highest BCUT2D eigenvalue weighted by atomic mass is 35.5. The molecular weight excluding hydrogens is 422 g/mol. The van der Waals surface area contributed by atoms with Gasteiger partial charge in [0.25, 0.3) is 0 Å². The van der Waals surface area contributed by atoms with E-state index in [9.17, 15) is 4.79 Å². The number of hydrogen-bond acceptors (Lipinski definition) is 3. The van der Waals surface area contributed by atoms with E-state index in [1.165, 1.54) is 0 Å². The molecular formula is C27H24ClNO3. The lowest BCUT2D eigenvalue weighted by molar-refractivity contribution is -0.111. The van der Waals surface area contributed by atoms with Gasteiger partial charge in [0.05, 0.1) is 12.9 Å². The second-order valence-electron chi connectivity index (χ2n) is 7.57. The van der Waals surface area contributed by atoms with Crippen molar-refractivity contribution in [3.63, 3.8) is 0 Å². The number of hydrogen-bond donors (Lipinski definition) is 1. The van der Waals surface area contributed by atoms with Gasteiger partial charge in [-0.25, -0.2) is 0 Å². The Kier molecular flexibility index (Phi) is 6.33. The number of ether oxygens (including phenoxy) is 1. The number of nitrogens with one attached hydrogen (secondary N) is 1. The Morgan fingerprint density at radius 1 is 1.12 bits per heavy atom. The fourth-order valence-electron chi connectivity index (χ4n) is 3.65. The number of carbonyl (C=O) groups excluding carboxylic acids is 1. The SMILES string of the molecule is CCOc1cc2occ(-c3ccccc3)c2cc1/C(C)=C/C(=O)Nc1cc(Cl)ccc1C. The number of halogens is 1. The van der Waals surface area contributed by atoms with Crippen LogP contribution < -0.4 is 10.1 Å². The average molecular weight is 446 g/mol. The van der Waals surface area contributed by atoms with Gasteiger partial charge in [-0.05, 0) is 55.7 Å². The average Bonchev–Trinajstić information content (AvgIpc) is 3.19. The number of anilines is 1. The lowest BCUT2D eigenvalue weighted by Gasteiger charge is -2.12. The van der Waals surface area contributed by atoms with Gasteiger partial charge in [0.2, 0.25) is 5.91 Å². The monoisotopic (exact) mass is 445 g/mol. The Hall–Kier alpha value is -3.50. The third kappa shape index (κ3) is 4.56. The number of aryl methyl sites for hydroxylation is 1. The fraction of sp³-hybridized carbons (Fsp3) is 0.148. The van der Waals surface area contributed by atoms with Gasteiger partial charge < -0.3 is 14.5 Å². The Labute approximate surface area is 192 Å². The highest BCUT2D eigenvalue weighted by Gasteiger charge is 2.15. The first-order chi connectivity index (χ1) is 15.5. The maximum Gasteiger partial charge on any atom is 0.248 e. The van der Waals surface area contributed by atoms with Crippen molar-refractivity contribution >= 4 is 39.7 Å². The molecule has 0 saturated heterocycles. The summed E-state index contributed by atoms with van der Waals surface area (Å²) in [6.45, 7) is 6.26. The van der Waals surface area contributed by atoms with E-state index < -0.39 is 0 Å². The highest BCUT2D eigenvalue weighted by Crippen LogP contribution is 2.37. The zero-order valence-corrected chi connectivity index (χ0v) is 19.0. The smallest absolute Gasteiger partial charge is 0.248 e. The summed E-state index contributed by atoms with van der Waals surface area (Å²) >= 11 is 6.08. The molecule has 1 N–H and O–H groups in total. The molecule has 0 spiro atoms. The number of fused-ring (bicyclic) bond motifs is 1. The summed E-state index contributed by atoms with van der Waals surface area (Å²) in [5.74, 6) is 0.445. The third-order valence-electron chi connectivity index (χ3n) is 5.29. The van der Waals surface area contributed by atoms with Crippen LogP contribution >= 0.6 is 11.6 Å². The van der Waals surface area contributed by atoms with Crippen LogP contribution in [0.25, 0.3) is 27.7 Å². The number of benzene rings is 3. The molecule has 0 unspecified atom stereocenters. The summed E-state index contributed by atoms with van der Waals surface area (Å²) in [6, 6.07) is 19.4. The lowest BCUT2D eigenvalue weighted by Crippen LogP contribution is -2.10. The van der Waals surface area contributed by atoms with E-state index in [4.69, 9.17) is 20.8 Å². The maximum atomic E-state index is 12.7. The van der Waals surface area contributed by atoms with E-state index >= 15 is 0 Å². The van der Waals surface area contributed by atoms with Crippen LogP contribution in [0, 0.1) is 6.92 Å². The summed E-state index contributed by atoms with van der Waals surface area (Å²) in [5.41, 5.74) is 6.06. The molecule has 1 amide bonds.